The van der Waals surface area contributed by atoms with Crippen LogP contribution in [0.2, 0.25) is 0 Å². The van der Waals surface area contributed by atoms with E-state index in [0.29, 0.717) is 0 Å². The summed E-state index contributed by atoms with van der Waals surface area (Å²) in [5.74, 6) is 0. The fraction of sp³-hybridized carbons (Fsp3) is 0.267. The van der Waals surface area contributed by atoms with E-state index in [2.05, 4.69) is 29.2 Å². The van der Waals surface area contributed by atoms with E-state index in [9.17, 15) is 5.11 Å². The maximum absolute atomic E-state index is 10.5. The molecule has 1 aromatic carbocycles. The fourth-order valence-corrected chi connectivity index (χ4v) is 3.70. The van der Waals surface area contributed by atoms with Crippen LogP contribution in [0.15, 0.2) is 47.6 Å². The van der Waals surface area contributed by atoms with Gasteiger partial charge in [0.1, 0.15) is 0 Å². The summed E-state index contributed by atoms with van der Waals surface area (Å²) in [6, 6.07) is 10.3. The minimum absolute atomic E-state index is 0.199. The second kappa shape index (κ2) is 4.75. The van der Waals surface area contributed by atoms with E-state index in [1.807, 2.05) is 13.0 Å². The van der Waals surface area contributed by atoms with Crippen molar-refractivity contribution in [1.82, 2.24) is 4.98 Å². The summed E-state index contributed by atoms with van der Waals surface area (Å²) < 4.78 is 0. The van der Waals surface area contributed by atoms with Crippen LogP contribution < -0.4 is 0 Å². The lowest BCUT2D eigenvalue weighted by atomic mass is 9.99. The summed E-state index contributed by atoms with van der Waals surface area (Å²) in [7, 11) is 0. The van der Waals surface area contributed by atoms with Gasteiger partial charge in [-0.1, -0.05) is 18.2 Å². The van der Waals surface area contributed by atoms with Gasteiger partial charge in [-0.15, -0.1) is 11.8 Å². The standard InChI is InChI=1S/C15H15NOS/c1-10-6-7-16-9-12(10)15(17)14-8-11-4-2-3-5-13(11)18-14/h2-7,9,14-15,17H,8H2,1H3. The van der Waals surface area contributed by atoms with E-state index >= 15 is 0 Å². The number of thioether (sulfide) groups is 1. The van der Waals surface area contributed by atoms with Gasteiger partial charge in [0, 0.05) is 28.1 Å². The van der Waals surface area contributed by atoms with Crippen LogP contribution in [0.5, 0.6) is 0 Å². The third-order valence-electron chi connectivity index (χ3n) is 3.42. The number of pyridine rings is 1. The van der Waals surface area contributed by atoms with E-state index in [4.69, 9.17) is 0 Å². The van der Waals surface area contributed by atoms with Crippen LogP contribution in [0.25, 0.3) is 0 Å². The van der Waals surface area contributed by atoms with E-state index in [-0.39, 0.29) is 5.25 Å². The summed E-state index contributed by atoms with van der Waals surface area (Å²) >= 11 is 1.77. The Hall–Kier alpha value is -1.32. The maximum atomic E-state index is 10.5. The molecule has 0 aliphatic carbocycles. The number of rotatable bonds is 2. The van der Waals surface area contributed by atoms with Crippen molar-refractivity contribution in [2.75, 3.05) is 0 Å². The Morgan fingerprint density at radius 2 is 2.17 bits per heavy atom. The number of aromatic nitrogens is 1. The average Bonchev–Trinajstić information content (AvgIpc) is 2.82. The van der Waals surface area contributed by atoms with Crippen molar-refractivity contribution >= 4 is 11.8 Å². The van der Waals surface area contributed by atoms with Gasteiger partial charge in [-0.05, 0) is 36.6 Å². The molecule has 0 amide bonds. The number of fused-ring (bicyclic) bond motifs is 1. The van der Waals surface area contributed by atoms with Gasteiger partial charge in [0.2, 0.25) is 0 Å². The molecule has 2 aromatic rings. The van der Waals surface area contributed by atoms with Crippen molar-refractivity contribution in [2.45, 2.75) is 29.6 Å². The van der Waals surface area contributed by atoms with Gasteiger partial charge in [0.15, 0.2) is 0 Å². The smallest absolute Gasteiger partial charge is 0.0932 e. The van der Waals surface area contributed by atoms with Crippen LogP contribution in [0.3, 0.4) is 0 Å². The molecule has 3 rings (SSSR count). The molecule has 2 heterocycles. The number of benzene rings is 1. The summed E-state index contributed by atoms with van der Waals surface area (Å²) in [6.45, 7) is 2.02. The highest BCUT2D eigenvalue weighted by molar-refractivity contribution is 8.00. The van der Waals surface area contributed by atoms with Gasteiger partial charge >= 0.3 is 0 Å². The number of hydrogen-bond acceptors (Lipinski definition) is 3. The lowest BCUT2D eigenvalue weighted by molar-refractivity contribution is 0.174. The molecule has 0 bridgehead atoms. The minimum Gasteiger partial charge on any atom is -0.387 e. The third-order valence-corrected chi connectivity index (χ3v) is 4.80. The molecule has 1 aromatic heterocycles. The molecule has 2 atom stereocenters. The molecular formula is C15H15NOS. The first-order valence-electron chi connectivity index (χ1n) is 6.09. The Kier molecular flexibility index (Phi) is 3.10. The predicted octanol–water partition coefficient (Wildman–Crippen LogP) is 3.14. The van der Waals surface area contributed by atoms with Crippen LogP contribution in [-0.2, 0) is 6.42 Å². The summed E-state index contributed by atoms with van der Waals surface area (Å²) in [5, 5.41) is 10.7. The van der Waals surface area contributed by atoms with Crippen LogP contribution >= 0.6 is 11.8 Å². The molecule has 2 unspecified atom stereocenters. The molecule has 0 radical (unpaired) electrons. The van der Waals surface area contributed by atoms with E-state index < -0.39 is 6.10 Å². The summed E-state index contributed by atoms with van der Waals surface area (Å²) in [4.78, 5) is 5.41. The van der Waals surface area contributed by atoms with E-state index in [0.717, 1.165) is 17.5 Å². The highest BCUT2D eigenvalue weighted by Gasteiger charge is 2.29. The average molecular weight is 257 g/mol. The van der Waals surface area contributed by atoms with Gasteiger partial charge in [-0.2, -0.15) is 0 Å². The first-order chi connectivity index (χ1) is 8.75. The lowest BCUT2D eigenvalue weighted by Crippen LogP contribution is -2.15. The zero-order valence-corrected chi connectivity index (χ0v) is 11.0. The topological polar surface area (TPSA) is 33.1 Å². The zero-order valence-electron chi connectivity index (χ0n) is 10.2. The Labute approximate surface area is 111 Å². The van der Waals surface area contributed by atoms with Gasteiger partial charge < -0.3 is 5.11 Å². The van der Waals surface area contributed by atoms with Crippen molar-refractivity contribution in [3.05, 3.63) is 59.4 Å². The quantitative estimate of drug-likeness (QED) is 0.897. The Morgan fingerprint density at radius 1 is 1.33 bits per heavy atom. The molecule has 0 fully saturated rings. The van der Waals surface area contributed by atoms with Crippen LogP contribution in [0.1, 0.15) is 22.8 Å². The highest BCUT2D eigenvalue weighted by atomic mass is 32.2. The van der Waals surface area contributed by atoms with Crippen molar-refractivity contribution in [3.8, 4) is 0 Å². The Bertz CT molecular complexity index is 545. The number of nitrogens with zero attached hydrogens (tertiary/aromatic N) is 1. The van der Waals surface area contributed by atoms with Crippen molar-refractivity contribution in [1.29, 1.82) is 0 Å². The molecule has 0 saturated heterocycles. The molecule has 3 heteroatoms. The number of aryl methyl sites for hydroxylation is 1. The van der Waals surface area contributed by atoms with Crippen molar-refractivity contribution < 1.29 is 5.11 Å². The Balaban J connectivity index is 1.85. The normalized spacial score (nSPS) is 19.6. The maximum Gasteiger partial charge on any atom is 0.0932 e. The van der Waals surface area contributed by atoms with Gasteiger partial charge in [-0.25, -0.2) is 0 Å². The molecule has 2 nitrogen and oxygen atoms in total. The number of hydrogen-bond donors (Lipinski definition) is 1. The molecule has 1 aliphatic rings. The predicted molar refractivity (Wildman–Crippen MR) is 73.7 cm³/mol. The molecular weight excluding hydrogens is 242 g/mol. The van der Waals surface area contributed by atoms with Crippen molar-refractivity contribution in [2.24, 2.45) is 0 Å². The Morgan fingerprint density at radius 3 is 2.94 bits per heavy atom. The largest absolute Gasteiger partial charge is 0.387 e. The van der Waals surface area contributed by atoms with E-state index in [1.165, 1.54) is 10.5 Å². The molecule has 92 valence electrons. The summed E-state index contributed by atoms with van der Waals surface area (Å²) in [6.07, 6.45) is 4.03. The molecule has 0 saturated carbocycles. The van der Waals surface area contributed by atoms with Crippen LogP contribution in [0, 0.1) is 6.92 Å². The second-order valence-electron chi connectivity index (χ2n) is 4.65. The number of aliphatic hydroxyl groups excluding tert-OH is 1. The van der Waals surface area contributed by atoms with Gasteiger partial charge in [0.25, 0.3) is 0 Å². The van der Waals surface area contributed by atoms with Gasteiger partial charge in [0.05, 0.1) is 6.10 Å². The highest BCUT2D eigenvalue weighted by Crippen LogP contribution is 2.42. The second-order valence-corrected chi connectivity index (χ2v) is 5.93. The zero-order chi connectivity index (χ0) is 12.5. The molecule has 0 spiro atoms. The molecule has 18 heavy (non-hydrogen) atoms. The van der Waals surface area contributed by atoms with Crippen LogP contribution in [-0.4, -0.2) is 15.3 Å². The summed E-state index contributed by atoms with van der Waals surface area (Å²) in [5.41, 5.74) is 3.39. The minimum atomic E-state index is -0.448. The van der Waals surface area contributed by atoms with Crippen molar-refractivity contribution in [3.63, 3.8) is 0 Å². The monoisotopic (exact) mass is 257 g/mol. The SMILES string of the molecule is Cc1ccncc1C(O)C1Cc2ccccc2S1. The third kappa shape index (κ3) is 2.04. The first-order valence-corrected chi connectivity index (χ1v) is 6.97. The molecule has 1 N–H and O–H groups in total. The van der Waals surface area contributed by atoms with E-state index in [1.54, 1.807) is 24.2 Å². The first kappa shape index (κ1) is 11.8. The fourth-order valence-electron chi connectivity index (χ4n) is 2.37. The lowest BCUT2D eigenvalue weighted by Gasteiger charge is -2.18. The van der Waals surface area contributed by atoms with Crippen LogP contribution in [0.4, 0.5) is 0 Å². The number of aliphatic hydroxyl groups is 1. The molecule has 1 aliphatic heterocycles. The van der Waals surface area contributed by atoms with Gasteiger partial charge in [-0.3, -0.25) is 4.98 Å².